The van der Waals surface area contributed by atoms with Gasteiger partial charge < -0.3 is 9.47 Å². The van der Waals surface area contributed by atoms with E-state index >= 15 is 0 Å². The molecule has 22 heavy (non-hydrogen) atoms. The van der Waals surface area contributed by atoms with Crippen LogP contribution in [-0.4, -0.2) is 34.5 Å². The van der Waals surface area contributed by atoms with Crippen LogP contribution in [0, 0.1) is 5.41 Å². The first-order valence-corrected chi connectivity index (χ1v) is 7.52. The van der Waals surface area contributed by atoms with Crippen LogP contribution in [0.25, 0.3) is 0 Å². The molecule has 0 spiro atoms. The highest BCUT2D eigenvalue weighted by molar-refractivity contribution is 6.30. The van der Waals surface area contributed by atoms with Crippen LogP contribution in [0.1, 0.15) is 26.6 Å². The highest BCUT2D eigenvalue weighted by atomic mass is 35.5. The Morgan fingerprint density at radius 2 is 1.86 bits per heavy atom. The summed E-state index contributed by atoms with van der Waals surface area (Å²) in [7, 11) is 1.70. The fourth-order valence-corrected chi connectivity index (χ4v) is 2.40. The number of benzene rings is 1. The Morgan fingerprint density at radius 1 is 1.18 bits per heavy atom. The van der Waals surface area contributed by atoms with Gasteiger partial charge in [0, 0.05) is 18.6 Å². The number of nitrogens with zero attached hydrogens (tertiary/aromatic N) is 2. The normalized spacial score (nSPS) is 14.6. The lowest BCUT2D eigenvalue weighted by atomic mass is 9.74. The number of halogens is 1. The molecule has 0 aliphatic carbocycles. The number of aromatic amines is 1. The summed E-state index contributed by atoms with van der Waals surface area (Å²) in [6.07, 6.45) is 2.13. The van der Waals surface area contributed by atoms with Crippen LogP contribution in [0.3, 0.4) is 0 Å². The molecule has 120 valence electrons. The Labute approximate surface area is 136 Å². The van der Waals surface area contributed by atoms with Crippen LogP contribution < -0.4 is 4.74 Å². The molecule has 1 aromatic carbocycles. The molecule has 0 saturated carbocycles. The van der Waals surface area contributed by atoms with Gasteiger partial charge in [-0.15, -0.1) is 0 Å². The van der Waals surface area contributed by atoms with Gasteiger partial charge in [0.2, 0.25) is 0 Å². The van der Waals surface area contributed by atoms with Crippen LogP contribution in [0.15, 0.2) is 30.6 Å². The van der Waals surface area contributed by atoms with E-state index in [1.54, 1.807) is 25.6 Å². The molecule has 0 aliphatic heterocycles. The van der Waals surface area contributed by atoms with E-state index in [9.17, 15) is 0 Å². The summed E-state index contributed by atoms with van der Waals surface area (Å²) < 4.78 is 11.8. The minimum Gasteiger partial charge on any atom is -0.491 e. The number of aromatic nitrogens is 3. The average Bonchev–Trinajstić information content (AvgIpc) is 2.96. The fourth-order valence-electron chi connectivity index (χ4n) is 2.28. The predicted octanol–water partition coefficient (Wildman–Crippen LogP) is 3.51. The zero-order valence-electron chi connectivity index (χ0n) is 13.4. The maximum Gasteiger partial charge on any atom is 0.153 e. The third-order valence-corrected chi connectivity index (χ3v) is 4.20. The van der Waals surface area contributed by atoms with Gasteiger partial charge in [-0.2, -0.15) is 5.10 Å². The summed E-state index contributed by atoms with van der Waals surface area (Å²) in [6.45, 7) is 6.75. The van der Waals surface area contributed by atoms with E-state index in [-0.39, 0.29) is 5.41 Å². The SMILES string of the molecule is COC(COc1ccc(Cl)cc1)(Cc1nc[nH]n1)C(C)(C)C. The van der Waals surface area contributed by atoms with E-state index < -0.39 is 5.60 Å². The minimum atomic E-state index is -0.547. The second-order valence-electron chi connectivity index (χ2n) is 6.28. The first-order valence-electron chi connectivity index (χ1n) is 7.14. The molecule has 2 rings (SSSR count). The van der Waals surface area contributed by atoms with Gasteiger partial charge in [-0.1, -0.05) is 32.4 Å². The molecular formula is C16H22ClN3O2. The van der Waals surface area contributed by atoms with Gasteiger partial charge in [0.1, 0.15) is 24.3 Å². The van der Waals surface area contributed by atoms with Crippen molar-refractivity contribution < 1.29 is 9.47 Å². The largest absolute Gasteiger partial charge is 0.491 e. The van der Waals surface area contributed by atoms with Crippen molar-refractivity contribution in [3.05, 3.63) is 41.4 Å². The molecule has 0 fully saturated rings. The van der Waals surface area contributed by atoms with Crippen molar-refractivity contribution in [2.75, 3.05) is 13.7 Å². The van der Waals surface area contributed by atoms with Crippen LogP contribution in [0.4, 0.5) is 0 Å². The smallest absolute Gasteiger partial charge is 0.153 e. The average molecular weight is 324 g/mol. The third kappa shape index (κ3) is 3.78. The Hall–Kier alpha value is -1.59. The van der Waals surface area contributed by atoms with Gasteiger partial charge in [0.25, 0.3) is 0 Å². The van der Waals surface area contributed by atoms with E-state index in [1.165, 1.54) is 0 Å². The molecule has 0 saturated heterocycles. The summed E-state index contributed by atoms with van der Waals surface area (Å²) in [6, 6.07) is 7.30. The first-order chi connectivity index (χ1) is 10.4. The molecule has 0 bridgehead atoms. The van der Waals surface area contributed by atoms with Crippen molar-refractivity contribution in [2.45, 2.75) is 32.8 Å². The number of hydrogen-bond acceptors (Lipinski definition) is 4. The number of rotatable bonds is 6. The summed E-state index contributed by atoms with van der Waals surface area (Å²) >= 11 is 5.90. The van der Waals surface area contributed by atoms with E-state index in [1.807, 2.05) is 12.1 Å². The maximum absolute atomic E-state index is 5.94. The van der Waals surface area contributed by atoms with Crippen LogP contribution in [0.2, 0.25) is 5.02 Å². The maximum atomic E-state index is 5.94. The Kier molecular flexibility index (Phi) is 5.08. The molecule has 1 heterocycles. The van der Waals surface area contributed by atoms with Gasteiger partial charge in [-0.3, -0.25) is 5.10 Å². The topological polar surface area (TPSA) is 60.0 Å². The molecule has 2 aromatic rings. The molecule has 1 unspecified atom stereocenters. The number of H-pyrrole nitrogens is 1. The predicted molar refractivity (Wildman–Crippen MR) is 86.2 cm³/mol. The van der Waals surface area contributed by atoms with E-state index in [0.29, 0.717) is 23.9 Å². The fraction of sp³-hybridized carbons (Fsp3) is 0.500. The molecule has 6 heteroatoms. The number of methoxy groups -OCH3 is 1. The van der Waals surface area contributed by atoms with Crippen LogP contribution in [0.5, 0.6) is 5.75 Å². The lowest BCUT2D eigenvalue weighted by molar-refractivity contribution is -0.117. The van der Waals surface area contributed by atoms with Crippen molar-refractivity contribution in [1.82, 2.24) is 15.2 Å². The molecule has 1 atom stereocenters. The molecule has 0 aliphatic rings. The molecule has 5 nitrogen and oxygen atoms in total. The van der Waals surface area contributed by atoms with Gasteiger partial charge >= 0.3 is 0 Å². The summed E-state index contributed by atoms with van der Waals surface area (Å²) in [5.41, 5.74) is -0.705. The van der Waals surface area contributed by atoms with Gasteiger partial charge in [-0.25, -0.2) is 4.98 Å². The van der Waals surface area contributed by atoms with Crippen LogP contribution in [-0.2, 0) is 11.2 Å². The Morgan fingerprint density at radius 3 is 2.36 bits per heavy atom. The zero-order valence-corrected chi connectivity index (χ0v) is 14.1. The number of hydrogen-bond donors (Lipinski definition) is 1. The van der Waals surface area contributed by atoms with E-state index in [2.05, 4.69) is 36.0 Å². The third-order valence-electron chi connectivity index (χ3n) is 3.95. The number of nitrogens with one attached hydrogen (secondary N) is 1. The van der Waals surface area contributed by atoms with Crippen molar-refractivity contribution in [3.63, 3.8) is 0 Å². The minimum absolute atomic E-state index is 0.158. The quantitative estimate of drug-likeness (QED) is 0.883. The lowest BCUT2D eigenvalue weighted by Gasteiger charge is -2.42. The van der Waals surface area contributed by atoms with Gasteiger partial charge in [0.15, 0.2) is 5.82 Å². The van der Waals surface area contributed by atoms with Crippen molar-refractivity contribution in [1.29, 1.82) is 0 Å². The molecule has 0 amide bonds. The second-order valence-corrected chi connectivity index (χ2v) is 6.72. The highest BCUT2D eigenvalue weighted by Gasteiger charge is 2.44. The standard InChI is InChI=1S/C16H22ClN3O2/c1-15(2,3)16(21-4,9-14-18-11-19-20-14)10-22-13-7-5-12(17)6-8-13/h5-8,11H,9-10H2,1-4H3,(H,18,19,20). The van der Waals surface area contributed by atoms with Crippen molar-refractivity contribution in [2.24, 2.45) is 5.41 Å². The van der Waals surface area contributed by atoms with E-state index in [4.69, 9.17) is 21.1 Å². The second kappa shape index (κ2) is 6.67. The summed E-state index contributed by atoms with van der Waals surface area (Å²) in [5, 5.41) is 7.56. The van der Waals surface area contributed by atoms with Gasteiger partial charge in [-0.05, 0) is 29.7 Å². The Bertz CT molecular complexity index is 578. The lowest BCUT2D eigenvalue weighted by Crippen LogP contribution is -2.51. The van der Waals surface area contributed by atoms with Gasteiger partial charge in [0.05, 0.1) is 0 Å². The summed E-state index contributed by atoms with van der Waals surface area (Å²) in [5.74, 6) is 1.46. The monoisotopic (exact) mass is 323 g/mol. The molecule has 1 N–H and O–H groups in total. The summed E-state index contributed by atoms with van der Waals surface area (Å²) in [4.78, 5) is 4.21. The highest BCUT2D eigenvalue weighted by Crippen LogP contribution is 2.36. The molecular weight excluding hydrogens is 302 g/mol. The Balaban J connectivity index is 2.18. The number of ether oxygens (including phenoxy) is 2. The van der Waals surface area contributed by atoms with Crippen molar-refractivity contribution >= 4 is 11.6 Å². The zero-order chi connectivity index (χ0) is 16.2. The first kappa shape index (κ1) is 16.8. The molecule has 1 aromatic heterocycles. The van der Waals surface area contributed by atoms with Crippen LogP contribution >= 0.6 is 11.6 Å². The molecule has 0 radical (unpaired) electrons. The van der Waals surface area contributed by atoms with Crippen molar-refractivity contribution in [3.8, 4) is 5.75 Å². The van der Waals surface area contributed by atoms with E-state index in [0.717, 1.165) is 5.75 Å².